The summed E-state index contributed by atoms with van der Waals surface area (Å²) in [6.07, 6.45) is 1.47. The van der Waals surface area contributed by atoms with Gasteiger partial charge in [0.2, 0.25) is 0 Å². The van der Waals surface area contributed by atoms with E-state index in [0.29, 0.717) is 22.3 Å². The van der Waals surface area contributed by atoms with Gasteiger partial charge in [0.05, 0.1) is 5.02 Å². The van der Waals surface area contributed by atoms with E-state index in [1.165, 1.54) is 6.20 Å². The van der Waals surface area contributed by atoms with Crippen LogP contribution in [0.2, 0.25) is 5.02 Å². The molecule has 1 heterocycles. The molecule has 0 amide bonds. The first kappa shape index (κ1) is 19.2. The first-order chi connectivity index (χ1) is 13.0. The van der Waals surface area contributed by atoms with Crippen molar-refractivity contribution in [1.29, 1.82) is 0 Å². The number of thiocarbonyl (C=S) groups is 1. The van der Waals surface area contributed by atoms with Gasteiger partial charge in [-0.3, -0.25) is 0 Å². The molecule has 0 saturated carbocycles. The number of rotatable bonds is 6. The second-order valence-electron chi connectivity index (χ2n) is 5.23. The van der Waals surface area contributed by atoms with E-state index in [0.717, 1.165) is 0 Å². The van der Waals surface area contributed by atoms with Gasteiger partial charge in [0.1, 0.15) is 17.3 Å². The number of nitrogens with one attached hydrogen (secondary N) is 2. The van der Waals surface area contributed by atoms with Crippen LogP contribution in [0.25, 0.3) is 0 Å². The van der Waals surface area contributed by atoms with Crippen LogP contribution < -0.4 is 19.5 Å². The summed E-state index contributed by atoms with van der Waals surface area (Å²) in [6.45, 7) is 0. The number of hydrogen-bond donors (Lipinski definition) is 2. The fourth-order valence-electron chi connectivity index (χ4n) is 2.02. The molecule has 0 radical (unpaired) electrons. The van der Waals surface area contributed by atoms with Crippen LogP contribution in [0, 0.1) is 0 Å². The quantitative estimate of drug-likeness (QED) is 0.415. The summed E-state index contributed by atoms with van der Waals surface area (Å²) in [5.74, 6) is 1.18. The molecule has 0 atom stereocenters. The van der Waals surface area contributed by atoms with Gasteiger partial charge in [-0.2, -0.15) is 0 Å². The molecule has 3 rings (SSSR count). The lowest BCUT2D eigenvalue weighted by atomic mass is 10.3. The predicted molar refractivity (Wildman–Crippen MR) is 110 cm³/mol. The number of benzene rings is 2. The minimum atomic E-state index is -3.87. The van der Waals surface area contributed by atoms with Crippen molar-refractivity contribution >= 4 is 42.5 Å². The van der Waals surface area contributed by atoms with Gasteiger partial charge < -0.3 is 14.4 Å². The molecule has 6 nitrogen and oxygen atoms in total. The van der Waals surface area contributed by atoms with Crippen LogP contribution in [0.15, 0.2) is 79.0 Å². The van der Waals surface area contributed by atoms with E-state index < -0.39 is 7.75 Å². The van der Waals surface area contributed by atoms with Crippen molar-refractivity contribution < 1.29 is 13.6 Å². The Hall–Kier alpha value is -2.60. The van der Waals surface area contributed by atoms with Gasteiger partial charge >= 0.3 is 7.75 Å². The second-order valence-corrected chi connectivity index (χ2v) is 7.66. The molecule has 2 N–H and O–H groups in total. The number of anilines is 1. The topological polar surface area (TPSA) is 72.5 Å². The lowest BCUT2D eigenvalue weighted by Gasteiger charge is -2.21. The van der Waals surface area contributed by atoms with Crippen LogP contribution in [0.3, 0.4) is 0 Å². The maximum Gasteiger partial charge on any atom is 0.543 e. The molecular weight excluding hydrogens is 405 g/mol. The van der Waals surface area contributed by atoms with Crippen LogP contribution in [0.5, 0.6) is 11.5 Å². The third kappa shape index (κ3) is 5.96. The molecular formula is C18H15ClN3O3PS. The Labute approximate surface area is 167 Å². The van der Waals surface area contributed by atoms with Gasteiger partial charge in [-0.1, -0.05) is 48.0 Å². The van der Waals surface area contributed by atoms with Gasteiger partial charge in [-0.25, -0.2) is 14.6 Å². The average Bonchev–Trinajstić information content (AvgIpc) is 2.65. The smallest absolute Gasteiger partial charge is 0.400 e. The number of aromatic nitrogens is 1. The zero-order chi connectivity index (χ0) is 19.1. The van der Waals surface area contributed by atoms with Crippen molar-refractivity contribution in [3.8, 4) is 11.5 Å². The Morgan fingerprint density at radius 1 is 0.926 bits per heavy atom. The van der Waals surface area contributed by atoms with Gasteiger partial charge in [-0.15, -0.1) is 0 Å². The Kier molecular flexibility index (Phi) is 6.29. The van der Waals surface area contributed by atoms with Crippen molar-refractivity contribution in [3.63, 3.8) is 0 Å². The van der Waals surface area contributed by atoms with E-state index in [9.17, 15) is 4.57 Å². The summed E-state index contributed by atoms with van der Waals surface area (Å²) in [4.78, 5) is 4.07. The monoisotopic (exact) mass is 419 g/mol. The third-order valence-electron chi connectivity index (χ3n) is 3.15. The van der Waals surface area contributed by atoms with E-state index >= 15 is 0 Å². The lowest BCUT2D eigenvalue weighted by Crippen LogP contribution is -2.30. The molecule has 0 saturated heterocycles. The van der Waals surface area contributed by atoms with Crippen LogP contribution >= 0.6 is 31.6 Å². The molecule has 0 spiro atoms. The molecule has 138 valence electrons. The molecule has 0 unspecified atom stereocenters. The summed E-state index contributed by atoms with van der Waals surface area (Å²) in [7, 11) is -3.87. The maximum absolute atomic E-state index is 13.3. The second kappa shape index (κ2) is 8.86. The highest BCUT2D eigenvalue weighted by Gasteiger charge is 2.30. The molecule has 9 heteroatoms. The zero-order valence-corrected chi connectivity index (χ0v) is 16.4. The first-order valence-electron chi connectivity index (χ1n) is 7.83. The molecule has 0 aliphatic rings. The van der Waals surface area contributed by atoms with Crippen molar-refractivity contribution in [2.45, 2.75) is 0 Å². The van der Waals surface area contributed by atoms with Crippen LogP contribution in [0.4, 0.5) is 5.82 Å². The molecule has 1 aromatic heterocycles. The number of nitrogens with zero attached hydrogens (tertiary/aromatic N) is 1. The Balaban J connectivity index is 1.77. The minimum absolute atomic E-state index is 0.0278. The van der Waals surface area contributed by atoms with E-state index in [2.05, 4.69) is 15.4 Å². The molecule has 3 aromatic rings. The number of halogens is 1. The Bertz CT molecular complexity index is 898. The number of para-hydroxylation sites is 2. The molecule has 0 aliphatic heterocycles. The fourth-order valence-corrected chi connectivity index (χ4v) is 3.81. The number of hydrogen-bond acceptors (Lipinski definition) is 5. The molecule has 0 bridgehead atoms. The number of pyridine rings is 1. The van der Waals surface area contributed by atoms with Crippen LogP contribution in [0.1, 0.15) is 0 Å². The van der Waals surface area contributed by atoms with E-state index in [1.807, 2.05) is 12.1 Å². The van der Waals surface area contributed by atoms with Crippen molar-refractivity contribution in [1.82, 2.24) is 10.1 Å². The highest BCUT2D eigenvalue weighted by Crippen LogP contribution is 2.44. The van der Waals surface area contributed by atoms with Crippen molar-refractivity contribution in [2.75, 3.05) is 5.32 Å². The van der Waals surface area contributed by atoms with E-state index in [-0.39, 0.29) is 5.11 Å². The summed E-state index contributed by atoms with van der Waals surface area (Å²) >= 11 is 11.0. The molecule has 2 aromatic carbocycles. The van der Waals surface area contributed by atoms with Gasteiger partial charge in [-0.05, 0) is 48.6 Å². The zero-order valence-electron chi connectivity index (χ0n) is 13.9. The normalized spacial score (nSPS) is 10.7. The lowest BCUT2D eigenvalue weighted by molar-refractivity contribution is 0.381. The first-order valence-corrected chi connectivity index (χ1v) is 10.2. The van der Waals surface area contributed by atoms with Crippen LogP contribution in [-0.4, -0.2) is 10.1 Å². The highest BCUT2D eigenvalue weighted by molar-refractivity contribution is 7.81. The van der Waals surface area contributed by atoms with Gasteiger partial charge in [0, 0.05) is 6.20 Å². The standard InChI is InChI=1S/C18H15ClN3O3PS/c19-14-11-12-17(20-13-14)21-18(27)22-26(23,24-15-7-3-1-4-8-15)25-16-9-5-2-6-10-16/h1-13H,(H2,20,21,22,23,27). The predicted octanol–water partition coefficient (Wildman–Crippen LogP) is 5.29. The maximum atomic E-state index is 13.3. The minimum Gasteiger partial charge on any atom is -0.400 e. The summed E-state index contributed by atoms with van der Waals surface area (Å²) in [6, 6.07) is 20.6. The van der Waals surface area contributed by atoms with Crippen LogP contribution in [-0.2, 0) is 4.57 Å². The summed E-state index contributed by atoms with van der Waals surface area (Å²) in [5.41, 5.74) is 0. The van der Waals surface area contributed by atoms with Gasteiger partial charge in [0.15, 0.2) is 5.11 Å². The van der Waals surface area contributed by atoms with Crippen molar-refractivity contribution in [2.24, 2.45) is 0 Å². The highest BCUT2D eigenvalue weighted by atomic mass is 35.5. The largest absolute Gasteiger partial charge is 0.543 e. The molecule has 27 heavy (non-hydrogen) atoms. The molecule has 0 fully saturated rings. The van der Waals surface area contributed by atoms with Gasteiger partial charge in [0.25, 0.3) is 0 Å². The average molecular weight is 420 g/mol. The van der Waals surface area contributed by atoms with E-state index in [1.54, 1.807) is 60.7 Å². The van der Waals surface area contributed by atoms with Crippen molar-refractivity contribution in [3.05, 3.63) is 84.0 Å². The summed E-state index contributed by atoms with van der Waals surface area (Å²) in [5, 5.41) is 5.95. The Morgan fingerprint density at radius 2 is 1.48 bits per heavy atom. The third-order valence-corrected chi connectivity index (χ3v) is 5.12. The molecule has 0 aliphatic carbocycles. The SMILES string of the molecule is O=P(NC(=S)Nc1ccc(Cl)cn1)(Oc1ccccc1)Oc1ccccc1. The Morgan fingerprint density at radius 3 is 1.96 bits per heavy atom. The summed E-state index contributed by atoms with van der Waals surface area (Å²) < 4.78 is 24.5. The van der Waals surface area contributed by atoms with E-state index in [4.69, 9.17) is 32.9 Å². The fraction of sp³-hybridized carbons (Fsp3) is 0.